The van der Waals surface area contributed by atoms with E-state index in [0.29, 0.717) is 25.4 Å². The second-order valence-corrected chi connectivity index (χ2v) is 11.9. The number of hydrogen-bond donors (Lipinski definition) is 2. The Kier molecular flexibility index (Phi) is 6.62. The molecule has 0 radical (unpaired) electrons. The molecule has 10 heteroatoms. The van der Waals surface area contributed by atoms with Crippen LogP contribution in [0, 0.1) is 17.3 Å². The maximum Gasteiger partial charge on any atom is 0.394 e. The lowest BCUT2D eigenvalue weighted by Gasteiger charge is -2.40. The average molecular weight is 510 g/mol. The number of fused-ring (bicyclic) bond motifs is 1. The van der Waals surface area contributed by atoms with Crippen LogP contribution in [0.15, 0.2) is 11.2 Å². The minimum atomic E-state index is -4.13. The first-order valence-corrected chi connectivity index (χ1v) is 13.4. The lowest BCUT2D eigenvalue weighted by atomic mass is 9.80. The number of imidazole rings is 1. The molecule has 0 bridgehead atoms. The van der Waals surface area contributed by atoms with Gasteiger partial charge in [-0.2, -0.15) is 13.2 Å². The highest BCUT2D eigenvalue weighted by Gasteiger charge is 2.62. The number of rotatable bonds is 7. The fourth-order valence-electron chi connectivity index (χ4n) is 6.07. The first kappa shape index (κ1) is 25.5. The molecule has 4 aliphatic rings. The van der Waals surface area contributed by atoms with Crippen LogP contribution in [0.4, 0.5) is 19.1 Å². The van der Waals surface area contributed by atoms with Gasteiger partial charge in [-0.05, 0) is 71.6 Å². The number of ether oxygens (including phenoxy) is 1. The Bertz CT molecular complexity index is 1010. The third-order valence-electron chi connectivity index (χ3n) is 8.64. The van der Waals surface area contributed by atoms with Crippen LogP contribution >= 0.6 is 0 Å². The summed E-state index contributed by atoms with van der Waals surface area (Å²) in [5.74, 6) is 0.671. The van der Waals surface area contributed by atoms with Gasteiger partial charge in [0.15, 0.2) is 0 Å². The molecule has 4 atom stereocenters. The molecule has 4 heterocycles. The van der Waals surface area contributed by atoms with Gasteiger partial charge in [0.2, 0.25) is 11.9 Å². The molecule has 5 rings (SSSR count). The van der Waals surface area contributed by atoms with E-state index < -0.39 is 11.6 Å². The van der Waals surface area contributed by atoms with Crippen LogP contribution in [0.2, 0.25) is 0 Å². The maximum absolute atomic E-state index is 13.4. The van der Waals surface area contributed by atoms with Crippen LogP contribution in [-0.4, -0.2) is 52.2 Å². The number of nitrogens with one attached hydrogen (secondary N) is 2. The number of aromatic nitrogens is 2. The largest absolute Gasteiger partial charge is 0.394 e. The third-order valence-corrected chi connectivity index (χ3v) is 8.64. The Hall–Kier alpha value is -2.10. The summed E-state index contributed by atoms with van der Waals surface area (Å²) < 4.78 is 47.9. The van der Waals surface area contributed by atoms with Crippen molar-refractivity contribution in [2.24, 2.45) is 22.2 Å². The van der Waals surface area contributed by atoms with E-state index in [0.717, 1.165) is 43.6 Å². The predicted octanol–water partition coefficient (Wildman–Crippen LogP) is 5.23. The first-order chi connectivity index (χ1) is 17.0. The highest BCUT2D eigenvalue weighted by molar-refractivity contribution is 5.96. The first-order valence-electron chi connectivity index (χ1n) is 13.4. The summed E-state index contributed by atoms with van der Waals surface area (Å²) in [5, 5.41) is 2.98. The Labute approximate surface area is 210 Å². The standard InChI is InChI=1S/C26H38F3N5O2/c1-16(6-8-25(9-10-25)26(27,28)29)20-15-34-23(31-20)32-21(18-7-12-36-24(2,3)14-18)19(33-34)13-17-5-4-11-30-22(17)35/h15-19,33H,4-14H2,1-3H3,(H,30,35)/t16-,17?,18?,19?/m0/s1. The zero-order chi connectivity index (χ0) is 25.7. The van der Waals surface area contributed by atoms with E-state index in [2.05, 4.69) is 24.6 Å². The van der Waals surface area contributed by atoms with Gasteiger partial charge in [-0.1, -0.05) is 6.92 Å². The minimum absolute atomic E-state index is 0.0742. The van der Waals surface area contributed by atoms with Gasteiger partial charge in [-0.3, -0.25) is 4.79 Å². The normalized spacial score (nSPS) is 30.0. The van der Waals surface area contributed by atoms with E-state index in [1.54, 1.807) is 0 Å². The molecular formula is C26H38F3N5O2. The number of nitrogens with zero attached hydrogens (tertiary/aromatic N) is 3. The molecule has 200 valence electrons. The zero-order valence-electron chi connectivity index (χ0n) is 21.5. The molecule has 3 fully saturated rings. The maximum atomic E-state index is 13.4. The highest BCUT2D eigenvalue weighted by atomic mass is 19.4. The molecule has 3 aliphatic heterocycles. The summed E-state index contributed by atoms with van der Waals surface area (Å²) >= 11 is 0. The number of amides is 1. The second kappa shape index (κ2) is 9.33. The molecule has 1 aromatic heterocycles. The van der Waals surface area contributed by atoms with Crippen LogP contribution in [0.1, 0.15) is 90.2 Å². The zero-order valence-corrected chi connectivity index (χ0v) is 21.5. The van der Waals surface area contributed by atoms with Crippen molar-refractivity contribution in [1.29, 1.82) is 0 Å². The average Bonchev–Trinajstić information content (AvgIpc) is 3.50. The van der Waals surface area contributed by atoms with Gasteiger partial charge >= 0.3 is 6.18 Å². The van der Waals surface area contributed by atoms with Gasteiger partial charge in [-0.15, -0.1) is 0 Å². The van der Waals surface area contributed by atoms with Gasteiger partial charge < -0.3 is 15.5 Å². The number of carbonyl (C=O) groups is 1. The molecule has 1 aliphatic carbocycles. The van der Waals surface area contributed by atoms with Crippen LogP contribution in [0.5, 0.6) is 0 Å². The fraction of sp³-hybridized carbons (Fsp3) is 0.808. The van der Waals surface area contributed by atoms with Gasteiger partial charge in [-0.25, -0.2) is 14.7 Å². The molecule has 7 nitrogen and oxygen atoms in total. The van der Waals surface area contributed by atoms with Gasteiger partial charge in [0.25, 0.3) is 0 Å². The molecule has 3 unspecified atom stereocenters. The molecule has 1 aromatic rings. The SMILES string of the molecule is C[C@@H](CCC1(C(F)(F)F)CC1)c1cn2c(n1)N=C(C1CCOC(C)(C)C1)C(CC1CCCNC1=O)N2. The van der Waals surface area contributed by atoms with Crippen molar-refractivity contribution in [2.45, 2.75) is 102 Å². The van der Waals surface area contributed by atoms with Crippen molar-refractivity contribution in [3.63, 3.8) is 0 Å². The van der Waals surface area contributed by atoms with Crippen LogP contribution < -0.4 is 10.7 Å². The Balaban J connectivity index is 1.35. The Morgan fingerprint density at radius 2 is 2.06 bits per heavy atom. The van der Waals surface area contributed by atoms with Crippen LogP contribution in [0.3, 0.4) is 0 Å². The number of halogens is 3. The van der Waals surface area contributed by atoms with Crippen molar-refractivity contribution in [1.82, 2.24) is 15.0 Å². The molecule has 2 N–H and O–H groups in total. The van der Waals surface area contributed by atoms with E-state index >= 15 is 0 Å². The van der Waals surface area contributed by atoms with Crippen LogP contribution in [0.25, 0.3) is 0 Å². The van der Waals surface area contributed by atoms with E-state index in [1.807, 2.05) is 17.8 Å². The lowest BCUT2D eigenvalue weighted by Crippen LogP contribution is -2.48. The molecular weight excluding hydrogens is 471 g/mol. The van der Waals surface area contributed by atoms with Gasteiger partial charge in [0.05, 0.1) is 28.9 Å². The fourth-order valence-corrected chi connectivity index (χ4v) is 6.07. The van der Waals surface area contributed by atoms with E-state index in [-0.39, 0.29) is 54.6 Å². The molecule has 1 saturated carbocycles. The van der Waals surface area contributed by atoms with Crippen LogP contribution in [-0.2, 0) is 9.53 Å². The highest BCUT2D eigenvalue weighted by Crippen LogP contribution is 2.61. The molecule has 0 aromatic carbocycles. The number of alkyl halides is 3. The van der Waals surface area contributed by atoms with Crippen molar-refractivity contribution in [2.75, 3.05) is 18.6 Å². The van der Waals surface area contributed by atoms with Crippen molar-refractivity contribution >= 4 is 17.6 Å². The quantitative estimate of drug-likeness (QED) is 0.528. The van der Waals surface area contributed by atoms with E-state index in [4.69, 9.17) is 14.7 Å². The number of piperidine rings is 1. The number of hydrogen-bond acceptors (Lipinski definition) is 5. The van der Waals surface area contributed by atoms with E-state index in [1.165, 1.54) is 0 Å². The smallest absolute Gasteiger partial charge is 0.376 e. The minimum Gasteiger partial charge on any atom is -0.376 e. The van der Waals surface area contributed by atoms with Gasteiger partial charge in [0, 0.05) is 36.6 Å². The third kappa shape index (κ3) is 5.15. The number of carbonyl (C=O) groups excluding carboxylic acids is 1. The predicted molar refractivity (Wildman–Crippen MR) is 131 cm³/mol. The Morgan fingerprint density at radius 3 is 2.72 bits per heavy atom. The van der Waals surface area contributed by atoms with E-state index in [9.17, 15) is 18.0 Å². The second-order valence-electron chi connectivity index (χ2n) is 11.9. The molecule has 2 saturated heterocycles. The topological polar surface area (TPSA) is 80.5 Å². The molecule has 1 amide bonds. The van der Waals surface area contributed by atoms with Gasteiger partial charge in [0.1, 0.15) is 0 Å². The van der Waals surface area contributed by atoms with Crippen molar-refractivity contribution in [3.8, 4) is 0 Å². The Morgan fingerprint density at radius 1 is 1.28 bits per heavy atom. The molecule has 0 spiro atoms. The summed E-state index contributed by atoms with van der Waals surface area (Å²) in [7, 11) is 0. The lowest BCUT2D eigenvalue weighted by molar-refractivity contribution is -0.189. The van der Waals surface area contributed by atoms with Crippen molar-refractivity contribution < 1.29 is 22.7 Å². The summed E-state index contributed by atoms with van der Waals surface area (Å²) in [4.78, 5) is 22.3. The van der Waals surface area contributed by atoms with Crippen molar-refractivity contribution in [3.05, 3.63) is 11.9 Å². The summed E-state index contributed by atoms with van der Waals surface area (Å²) in [6.07, 6.45) is 2.96. The summed E-state index contributed by atoms with van der Waals surface area (Å²) in [6, 6.07) is -0.109. The summed E-state index contributed by atoms with van der Waals surface area (Å²) in [5.41, 5.74) is 3.57. The summed E-state index contributed by atoms with van der Waals surface area (Å²) in [6.45, 7) is 7.51. The monoisotopic (exact) mass is 509 g/mol. The number of aliphatic imine (C=N–C) groups is 1. The molecule has 36 heavy (non-hydrogen) atoms.